The molecule has 1 rings (SSSR count). The Hall–Kier alpha value is -0.170. The van der Waals surface area contributed by atoms with Crippen LogP contribution in [0.25, 0.3) is 0 Å². The van der Waals surface area contributed by atoms with E-state index in [-0.39, 0.29) is 11.3 Å². The van der Waals surface area contributed by atoms with E-state index >= 15 is 0 Å². The van der Waals surface area contributed by atoms with Crippen LogP contribution in [0, 0.1) is 0 Å². The lowest BCUT2D eigenvalue weighted by atomic mass is 9.97. The summed E-state index contributed by atoms with van der Waals surface area (Å²) in [4.78, 5) is 2.19. The molecule has 1 aliphatic carbocycles. The van der Waals surface area contributed by atoms with Crippen LogP contribution in [0.15, 0.2) is 0 Å². The maximum atomic E-state index is 12.1. The van der Waals surface area contributed by atoms with E-state index < -0.39 is 10.0 Å². The summed E-state index contributed by atoms with van der Waals surface area (Å²) in [7, 11) is 0.971. The van der Waals surface area contributed by atoms with Crippen molar-refractivity contribution in [3.8, 4) is 0 Å². The molecule has 0 aromatic heterocycles. The van der Waals surface area contributed by atoms with Crippen LogP contribution in [0.1, 0.15) is 51.9 Å². The number of sulfonamides is 1. The van der Waals surface area contributed by atoms with Crippen LogP contribution in [-0.2, 0) is 10.0 Å². The summed E-state index contributed by atoms with van der Waals surface area (Å²) in [6, 6.07) is 0. The Bertz CT molecular complexity index is 376. The van der Waals surface area contributed by atoms with Gasteiger partial charge < -0.3 is 10.2 Å². The third-order valence-electron chi connectivity index (χ3n) is 4.55. The Kier molecular flexibility index (Phi) is 8.16. The van der Waals surface area contributed by atoms with Gasteiger partial charge in [0.25, 0.3) is 0 Å². The van der Waals surface area contributed by atoms with Gasteiger partial charge in [-0.3, -0.25) is 0 Å². The Labute approximate surface area is 130 Å². The van der Waals surface area contributed by atoms with Crippen LogP contribution >= 0.6 is 0 Å². The molecule has 1 aliphatic rings. The van der Waals surface area contributed by atoms with E-state index in [2.05, 4.69) is 36.0 Å². The fraction of sp³-hybridized carbons (Fsp3) is 1.00. The first kappa shape index (κ1) is 18.9. The second-order valence-electron chi connectivity index (χ2n) is 6.42. The summed E-state index contributed by atoms with van der Waals surface area (Å²) < 4.78 is 27.0. The molecular weight excluding hydrogens is 286 g/mol. The SMILES string of the molecule is CCCNCCCCS(=O)(=O)NCC1(N(C)C)CCCC1. The van der Waals surface area contributed by atoms with E-state index in [9.17, 15) is 8.42 Å². The van der Waals surface area contributed by atoms with Crippen LogP contribution in [0.4, 0.5) is 0 Å². The summed E-state index contributed by atoms with van der Waals surface area (Å²) >= 11 is 0. The quantitative estimate of drug-likeness (QED) is 0.567. The molecule has 5 nitrogen and oxygen atoms in total. The highest BCUT2D eigenvalue weighted by Crippen LogP contribution is 2.33. The lowest BCUT2D eigenvalue weighted by Crippen LogP contribution is -2.51. The zero-order valence-corrected chi connectivity index (χ0v) is 14.8. The zero-order chi connectivity index (χ0) is 15.8. The fourth-order valence-electron chi connectivity index (χ4n) is 2.98. The zero-order valence-electron chi connectivity index (χ0n) is 14.0. The van der Waals surface area contributed by atoms with Gasteiger partial charge in [0.1, 0.15) is 0 Å². The molecular formula is C15H33N3O2S. The van der Waals surface area contributed by atoms with Crippen LogP contribution in [-0.4, -0.2) is 58.3 Å². The molecule has 0 aliphatic heterocycles. The minimum absolute atomic E-state index is 0.0236. The van der Waals surface area contributed by atoms with Crippen molar-refractivity contribution in [3.05, 3.63) is 0 Å². The Balaban J connectivity index is 2.28. The van der Waals surface area contributed by atoms with Crippen LogP contribution in [0.5, 0.6) is 0 Å². The second kappa shape index (κ2) is 9.08. The summed E-state index contributed by atoms with van der Waals surface area (Å²) in [5, 5.41) is 3.30. The first-order chi connectivity index (χ1) is 9.92. The number of hydrogen-bond donors (Lipinski definition) is 2. The maximum Gasteiger partial charge on any atom is 0.211 e. The van der Waals surface area contributed by atoms with Gasteiger partial charge in [0.15, 0.2) is 0 Å². The van der Waals surface area contributed by atoms with Crippen molar-refractivity contribution in [2.45, 2.75) is 57.4 Å². The molecule has 0 heterocycles. The van der Waals surface area contributed by atoms with Crippen molar-refractivity contribution in [1.29, 1.82) is 0 Å². The number of rotatable bonds is 11. The van der Waals surface area contributed by atoms with Gasteiger partial charge in [-0.05, 0) is 59.3 Å². The number of likely N-dealkylation sites (N-methyl/N-ethyl adjacent to an activating group) is 1. The molecule has 0 radical (unpaired) electrons. The second-order valence-corrected chi connectivity index (χ2v) is 8.35. The van der Waals surface area contributed by atoms with Gasteiger partial charge in [-0.1, -0.05) is 19.8 Å². The molecule has 0 aromatic rings. The molecule has 1 saturated carbocycles. The van der Waals surface area contributed by atoms with Gasteiger partial charge in [0.05, 0.1) is 5.75 Å². The highest BCUT2D eigenvalue weighted by Gasteiger charge is 2.36. The average Bonchev–Trinajstić information content (AvgIpc) is 2.91. The molecule has 126 valence electrons. The monoisotopic (exact) mass is 319 g/mol. The minimum Gasteiger partial charge on any atom is -0.317 e. The average molecular weight is 320 g/mol. The Morgan fingerprint density at radius 1 is 1.10 bits per heavy atom. The van der Waals surface area contributed by atoms with Crippen LogP contribution in [0.2, 0.25) is 0 Å². The summed E-state index contributed by atoms with van der Waals surface area (Å²) in [6.45, 7) is 4.60. The van der Waals surface area contributed by atoms with Gasteiger partial charge in [-0.15, -0.1) is 0 Å². The Morgan fingerprint density at radius 3 is 2.33 bits per heavy atom. The largest absolute Gasteiger partial charge is 0.317 e. The number of unbranched alkanes of at least 4 members (excludes halogenated alkanes) is 1. The van der Waals surface area contributed by atoms with E-state index in [4.69, 9.17) is 0 Å². The van der Waals surface area contributed by atoms with Crippen molar-refractivity contribution < 1.29 is 8.42 Å². The predicted octanol–water partition coefficient (Wildman–Crippen LogP) is 1.56. The molecule has 0 bridgehead atoms. The van der Waals surface area contributed by atoms with E-state index in [1.807, 2.05) is 0 Å². The van der Waals surface area contributed by atoms with Crippen molar-refractivity contribution in [2.75, 3.05) is 39.5 Å². The molecule has 0 atom stereocenters. The van der Waals surface area contributed by atoms with E-state index in [0.29, 0.717) is 6.54 Å². The fourth-order valence-corrected chi connectivity index (χ4v) is 4.19. The van der Waals surface area contributed by atoms with Crippen LogP contribution in [0.3, 0.4) is 0 Å². The third kappa shape index (κ3) is 6.63. The van der Waals surface area contributed by atoms with E-state index in [1.54, 1.807) is 0 Å². The maximum absolute atomic E-state index is 12.1. The normalized spacial score (nSPS) is 18.5. The summed E-state index contributed by atoms with van der Waals surface area (Å²) in [6.07, 6.45) is 7.33. The molecule has 1 fully saturated rings. The lowest BCUT2D eigenvalue weighted by molar-refractivity contribution is 0.162. The van der Waals surface area contributed by atoms with Crippen LogP contribution < -0.4 is 10.0 Å². The number of nitrogens with zero attached hydrogens (tertiary/aromatic N) is 1. The molecule has 0 spiro atoms. The molecule has 21 heavy (non-hydrogen) atoms. The summed E-state index contributed by atoms with van der Waals surface area (Å²) in [5.41, 5.74) is 0.0236. The van der Waals surface area contributed by atoms with Gasteiger partial charge in [0.2, 0.25) is 10.0 Å². The van der Waals surface area contributed by atoms with Crippen molar-refractivity contribution >= 4 is 10.0 Å². The molecule has 0 amide bonds. The molecule has 0 aromatic carbocycles. The van der Waals surface area contributed by atoms with E-state index in [1.165, 1.54) is 12.8 Å². The Morgan fingerprint density at radius 2 is 1.76 bits per heavy atom. The highest BCUT2D eigenvalue weighted by atomic mass is 32.2. The molecule has 2 N–H and O–H groups in total. The van der Waals surface area contributed by atoms with Crippen molar-refractivity contribution in [2.24, 2.45) is 0 Å². The molecule has 0 saturated heterocycles. The van der Waals surface area contributed by atoms with Gasteiger partial charge in [0, 0.05) is 12.1 Å². The van der Waals surface area contributed by atoms with Crippen molar-refractivity contribution in [1.82, 2.24) is 14.9 Å². The van der Waals surface area contributed by atoms with Crippen molar-refractivity contribution in [3.63, 3.8) is 0 Å². The predicted molar refractivity (Wildman–Crippen MR) is 89.1 cm³/mol. The number of hydrogen-bond acceptors (Lipinski definition) is 4. The molecule has 6 heteroatoms. The standard InChI is InChI=1S/C15H33N3O2S/c1-4-11-16-12-7-8-13-21(19,20)17-14-15(18(2)3)9-5-6-10-15/h16-17H,4-14H2,1-3H3. The minimum atomic E-state index is -3.14. The summed E-state index contributed by atoms with van der Waals surface area (Å²) in [5.74, 6) is 0.240. The lowest BCUT2D eigenvalue weighted by Gasteiger charge is -2.36. The van der Waals surface area contributed by atoms with Gasteiger partial charge in [-0.2, -0.15) is 0 Å². The van der Waals surface area contributed by atoms with Gasteiger partial charge >= 0.3 is 0 Å². The molecule has 0 unspecified atom stereocenters. The smallest absolute Gasteiger partial charge is 0.211 e. The highest BCUT2D eigenvalue weighted by molar-refractivity contribution is 7.89. The third-order valence-corrected chi connectivity index (χ3v) is 5.96. The first-order valence-corrected chi connectivity index (χ1v) is 9.92. The first-order valence-electron chi connectivity index (χ1n) is 8.27. The number of nitrogens with one attached hydrogen (secondary N) is 2. The van der Waals surface area contributed by atoms with Gasteiger partial charge in [-0.25, -0.2) is 13.1 Å². The topological polar surface area (TPSA) is 61.4 Å². The van der Waals surface area contributed by atoms with E-state index in [0.717, 1.165) is 45.2 Å².